The lowest BCUT2D eigenvalue weighted by Crippen LogP contribution is -2.40. The van der Waals surface area contributed by atoms with Gasteiger partial charge in [-0.05, 0) is 68.1 Å². The van der Waals surface area contributed by atoms with Gasteiger partial charge in [-0.1, -0.05) is 19.1 Å². The molecule has 12 heteroatoms. The second-order valence-corrected chi connectivity index (χ2v) is 10.6. The summed E-state index contributed by atoms with van der Waals surface area (Å²) in [7, 11) is 0. The fourth-order valence-electron chi connectivity index (χ4n) is 4.59. The zero-order valence-electron chi connectivity index (χ0n) is 21.6. The summed E-state index contributed by atoms with van der Waals surface area (Å²) in [4.78, 5) is 36.0. The van der Waals surface area contributed by atoms with E-state index >= 15 is 0 Å². The van der Waals surface area contributed by atoms with E-state index in [9.17, 15) is 22.8 Å². The van der Waals surface area contributed by atoms with E-state index in [1.807, 2.05) is 13.8 Å². The summed E-state index contributed by atoms with van der Waals surface area (Å²) >= 11 is -0.183. The Balaban J connectivity index is 1.63. The molecule has 0 spiro atoms. The standard InChI is InChI=1S/C27H28F3N5O3S/c1-3-14-34-25(36)22-24(33(4-2)26(34)37)32-23(18-10-13-21(31-15-18)38-19-6-5-7-19)35(22)16-17-8-11-20(12-9-17)39-27(28,29)30/h8-13,15,19H,3-7,14,16H2,1-2H3. The lowest BCUT2D eigenvalue weighted by atomic mass is 9.96. The quantitative estimate of drug-likeness (QED) is 0.254. The van der Waals surface area contributed by atoms with Gasteiger partial charge in [-0.2, -0.15) is 13.2 Å². The summed E-state index contributed by atoms with van der Waals surface area (Å²) < 4.78 is 48.7. The maximum Gasteiger partial charge on any atom is 0.446 e. The summed E-state index contributed by atoms with van der Waals surface area (Å²) in [5, 5.41) is 0. The van der Waals surface area contributed by atoms with Crippen LogP contribution < -0.4 is 16.0 Å². The second-order valence-electron chi connectivity index (χ2n) is 9.43. The van der Waals surface area contributed by atoms with Gasteiger partial charge in [0.25, 0.3) is 5.56 Å². The molecular formula is C27H28F3N5O3S. The van der Waals surface area contributed by atoms with Crippen LogP contribution in [0.4, 0.5) is 13.2 Å². The Labute approximate surface area is 226 Å². The van der Waals surface area contributed by atoms with Gasteiger partial charge in [-0.3, -0.25) is 13.9 Å². The first kappa shape index (κ1) is 27.0. The third kappa shape index (κ3) is 5.61. The van der Waals surface area contributed by atoms with E-state index < -0.39 is 16.8 Å². The van der Waals surface area contributed by atoms with E-state index in [2.05, 4.69) is 4.98 Å². The molecule has 8 nitrogen and oxygen atoms in total. The first-order chi connectivity index (χ1) is 18.7. The monoisotopic (exact) mass is 559 g/mol. The molecule has 1 fully saturated rings. The van der Waals surface area contributed by atoms with E-state index in [0.717, 1.165) is 19.3 Å². The number of hydrogen-bond donors (Lipinski definition) is 0. The molecule has 0 unspecified atom stereocenters. The number of hydrogen-bond acceptors (Lipinski definition) is 6. The third-order valence-electron chi connectivity index (χ3n) is 6.71. The van der Waals surface area contributed by atoms with Crippen LogP contribution in [0.2, 0.25) is 0 Å². The van der Waals surface area contributed by atoms with Gasteiger partial charge in [0.2, 0.25) is 5.88 Å². The summed E-state index contributed by atoms with van der Waals surface area (Å²) in [6, 6.07) is 9.55. The Hall–Kier alpha value is -3.54. The maximum absolute atomic E-state index is 13.6. The van der Waals surface area contributed by atoms with Crippen LogP contribution in [0.15, 0.2) is 57.1 Å². The second kappa shape index (κ2) is 10.9. The minimum Gasteiger partial charge on any atom is -0.474 e. The van der Waals surface area contributed by atoms with Gasteiger partial charge in [-0.25, -0.2) is 14.8 Å². The van der Waals surface area contributed by atoms with Gasteiger partial charge >= 0.3 is 11.2 Å². The minimum atomic E-state index is -4.38. The van der Waals surface area contributed by atoms with Crippen LogP contribution in [0.1, 0.15) is 45.1 Å². The number of rotatable bonds is 9. The summed E-state index contributed by atoms with van der Waals surface area (Å²) in [6.07, 6.45) is 5.51. The number of fused-ring (bicyclic) bond motifs is 1. The lowest BCUT2D eigenvalue weighted by Gasteiger charge is -2.25. The number of halogens is 3. The number of aromatic nitrogens is 5. The third-order valence-corrected chi connectivity index (χ3v) is 7.45. The van der Waals surface area contributed by atoms with Crippen molar-refractivity contribution >= 4 is 22.9 Å². The average molecular weight is 560 g/mol. The van der Waals surface area contributed by atoms with Crippen molar-refractivity contribution in [1.29, 1.82) is 0 Å². The number of benzene rings is 1. The van der Waals surface area contributed by atoms with Crippen molar-refractivity contribution in [2.75, 3.05) is 0 Å². The van der Waals surface area contributed by atoms with E-state index in [1.54, 1.807) is 35.0 Å². The molecule has 3 aromatic heterocycles. The number of aryl methyl sites for hydroxylation is 1. The Morgan fingerprint density at radius 1 is 1.03 bits per heavy atom. The normalized spacial score (nSPS) is 14.1. The molecule has 3 heterocycles. The molecule has 1 aliphatic rings. The number of nitrogens with zero attached hydrogens (tertiary/aromatic N) is 5. The van der Waals surface area contributed by atoms with Crippen LogP contribution in [-0.4, -0.2) is 35.3 Å². The highest BCUT2D eigenvalue weighted by atomic mass is 32.2. The van der Waals surface area contributed by atoms with Crippen molar-refractivity contribution in [2.24, 2.45) is 0 Å². The highest BCUT2D eigenvalue weighted by molar-refractivity contribution is 8.00. The zero-order valence-corrected chi connectivity index (χ0v) is 22.4. The SMILES string of the molecule is CCCn1c(=O)c2c(nc(-c3ccc(OC4CCC4)nc3)n2Cc2ccc(SC(F)(F)F)cc2)n(CC)c1=O. The van der Waals surface area contributed by atoms with Crippen molar-refractivity contribution in [1.82, 2.24) is 23.7 Å². The summed E-state index contributed by atoms with van der Waals surface area (Å²) in [5.41, 5.74) is -3.46. The first-order valence-electron chi connectivity index (χ1n) is 12.9. The lowest BCUT2D eigenvalue weighted by molar-refractivity contribution is -0.0328. The van der Waals surface area contributed by atoms with Crippen LogP contribution in [-0.2, 0) is 19.6 Å². The largest absolute Gasteiger partial charge is 0.474 e. The van der Waals surface area contributed by atoms with Crippen LogP contribution >= 0.6 is 11.8 Å². The topological polar surface area (TPSA) is 83.9 Å². The Kier molecular flexibility index (Phi) is 7.57. The van der Waals surface area contributed by atoms with Crippen molar-refractivity contribution in [3.8, 4) is 17.3 Å². The molecule has 0 aliphatic heterocycles. The predicted molar refractivity (Wildman–Crippen MR) is 143 cm³/mol. The first-order valence-corrected chi connectivity index (χ1v) is 13.7. The van der Waals surface area contributed by atoms with Gasteiger partial charge in [0.05, 0.1) is 0 Å². The van der Waals surface area contributed by atoms with Gasteiger partial charge in [0.15, 0.2) is 11.2 Å². The molecule has 0 saturated heterocycles. The van der Waals surface area contributed by atoms with Crippen molar-refractivity contribution in [3.63, 3.8) is 0 Å². The summed E-state index contributed by atoms with van der Waals surface area (Å²) in [5.74, 6) is 0.925. The number of alkyl halides is 3. The zero-order chi connectivity index (χ0) is 27.7. The van der Waals surface area contributed by atoms with E-state index in [0.29, 0.717) is 35.8 Å². The molecule has 39 heavy (non-hydrogen) atoms. The molecular weight excluding hydrogens is 531 g/mol. The van der Waals surface area contributed by atoms with Crippen LogP contribution in [0.5, 0.6) is 5.88 Å². The molecule has 0 N–H and O–H groups in total. The molecule has 0 amide bonds. The molecule has 5 rings (SSSR count). The van der Waals surface area contributed by atoms with E-state index in [1.165, 1.54) is 21.3 Å². The number of pyridine rings is 1. The maximum atomic E-state index is 13.6. The van der Waals surface area contributed by atoms with E-state index in [-0.39, 0.29) is 47.0 Å². The highest BCUT2D eigenvalue weighted by Crippen LogP contribution is 2.37. The van der Waals surface area contributed by atoms with Crippen LogP contribution in [0, 0.1) is 0 Å². The van der Waals surface area contributed by atoms with Gasteiger partial charge in [-0.15, -0.1) is 0 Å². The van der Waals surface area contributed by atoms with Crippen LogP contribution in [0.25, 0.3) is 22.6 Å². The average Bonchev–Trinajstić information content (AvgIpc) is 3.24. The van der Waals surface area contributed by atoms with Crippen molar-refractivity contribution in [2.45, 2.75) is 75.7 Å². The molecule has 4 aromatic rings. The molecule has 1 aliphatic carbocycles. The smallest absolute Gasteiger partial charge is 0.446 e. The Morgan fingerprint density at radius 3 is 2.33 bits per heavy atom. The molecule has 1 aromatic carbocycles. The minimum absolute atomic E-state index is 0.0679. The van der Waals surface area contributed by atoms with E-state index in [4.69, 9.17) is 9.72 Å². The molecule has 206 valence electrons. The number of ether oxygens (including phenoxy) is 1. The van der Waals surface area contributed by atoms with Crippen molar-refractivity contribution in [3.05, 3.63) is 69.0 Å². The summed E-state index contributed by atoms with van der Waals surface area (Å²) in [6.45, 7) is 4.42. The number of thioether (sulfide) groups is 1. The molecule has 0 bridgehead atoms. The van der Waals surface area contributed by atoms with Gasteiger partial charge < -0.3 is 9.30 Å². The molecule has 0 atom stereocenters. The van der Waals surface area contributed by atoms with Crippen LogP contribution in [0.3, 0.4) is 0 Å². The predicted octanol–water partition coefficient (Wildman–Crippen LogP) is 5.44. The Morgan fingerprint density at radius 2 is 1.77 bits per heavy atom. The molecule has 1 saturated carbocycles. The Bertz CT molecular complexity index is 1590. The van der Waals surface area contributed by atoms with Gasteiger partial charge in [0.1, 0.15) is 11.9 Å². The highest BCUT2D eigenvalue weighted by Gasteiger charge is 2.29. The fraction of sp³-hybridized carbons (Fsp3) is 0.407. The number of imidazole rings is 1. The molecule has 0 radical (unpaired) electrons. The van der Waals surface area contributed by atoms with Gasteiger partial charge in [0, 0.05) is 42.4 Å². The van der Waals surface area contributed by atoms with Crippen molar-refractivity contribution < 1.29 is 17.9 Å². The fourth-order valence-corrected chi connectivity index (χ4v) is 5.13.